The Bertz CT molecular complexity index is 547. The summed E-state index contributed by atoms with van der Waals surface area (Å²) in [6.07, 6.45) is 0. The fourth-order valence-corrected chi connectivity index (χ4v) is 1.51. The number of ether oxygens (including phenoxy) is 1. The van der Waals surface area contributed by atoms with Crippen LogP contribution in [0.25, 0.3) is 0 Å². The van der Waals surface area contributed by atoms with Crippen molar-refractivity contribution in [2.24, 2.45) is 0 Å². The van der Waals surface area contributed by atoms with Gasteiger partial charge in [-0.15, -0.1) is 0 Å². The number of carbonyl (C=O) groups is 3. The second-order valence-electron chi connectivity index (χ2n) is 3.84. The number of carboxylic acid groups (broad SMARTS) is 1. The van der Waals surface area contributed by atoms with E-state index < -0.39 is 24.0 Å². The Hall–Kier alpha value is -2.28. The van der Waals surface area contributed by atoms with Gasteiger partial charge in [-0.3, -0.25) is 0 Å². The van der Waals surface area contributed by atoms with E-state index in [1.165, 1.54) is 32.2 Å². The van der Waals surface area contributed by atoms with Crippen LogP contribution in [0.2, 0.25) is 5.02 Å². The molecule has 1 aromatic rings. The third-order valence-electron chi connectivity index (χ3n) is 2.36. The minimum absolute atomic E-state index is 0.0225. The Kier molecular flexibility index (Phi) is 5.33. The second-order valence-corrected chi connectivity index (χ2v) is 4.25. The number of benzene rings is 1. The second kappa shape index (κ2) is 6.76. The van der Waals surface area contributed by atoms with Gasteiger partial charge in [0, 0.05) is 0 Å². The monoisotopic (exact) mass is 300 g/mol. The zero-order valence-electron chi connectivity index (χ0n) is 10.8. The molecular formula is C12H13ClN2O5. The summed E-state index contributed by atoms with van der Waals surface area (Å²) in [5.74, 6) is -1.75. The van der Waals surface area contributed by atoms with Crippen LogP contribution in [-0.2, 0) is 9.53 Å². The lowest BCUT2D eigenvalue weighted by molar-refractivity contribution is -0.142. The molecular weight excluding hydrogens is 288 g/mol. The third kappa shape index (κ3) is 4.13. The van der Waals surface area contributed by atoms with Gasteiger partial charge in [0.25, 0.3) is 0 Å². The molecule has 0 aromatic heterocycles. The van der Waals surface area contributed by atoms with Crippen LogP contribution in [0, 0.1) is 0 Å². The van der Waals surface area contributed by atoms with Gasteiger partial charge in [0.2, 0.25) is 0 Å². The molecule has 2 amide bonds. The van der Waals surface area contributed by atoms with Crippen molar-refractivity contribution in [2.45, 2.75) is 13.0 Å². The molecule has 1 aromatic carbocycles. The number of amides is 2. The lowest BCUT2D eigenvalue weighted by Gasteiger charge is -2.13. The smallest absolute Gasteiger partial charge is 0.335 e. The van der Waals surface area contributed by atoms with E-state index in [0.717, 1.165) is 0 Å². The molecule has 7 nitrogen and oxygen atoms in total. The van der Waals surface area contributed by atoms with Crippen molar-refractivity contribution in [3.8, 4) is 0 Å². The standard InChI is InChI=1S/C12H13ClN2O5/c1-6(11(18)20-2)14-12(19)15-9-5-7(10(16)17)3-4-8(9)13/h3-6H,1-2H3,(H,16,17)(H2,14,15,19). The number of urea groups is 1. The molecule has 0 radical (unpaired) electrons. The van der Waals surface area contributed by atoms with Gasteiger partial charge in [-0.05, 0) is 25.1 Å². The van der Waals surface area contributed by atoms with Gasteiger partial charge >= 0.3 is 18.0 Å². The molecule has 0 aliphatic heterocycles. The molecule has 0 heterocycles. The lowest BCUT2D eigenvalue weighted by atomic mass is 10.2. The minimum Gasteiger partial charge on any atom is -0.478 e. The lowest BCUT2D eigenvalue weighted by Crippen LogP contribution is -2.41. The SMILES string of the molecule is COC(=O)C(C)NC(=O)Nc1cc(C(=O)O)ccc1Cl. The fraction of sp³-hybridized carbons (Fsp3) is 0.250. The molecule has 3 N–H and O–H groups in total. The van der Waals surface area contributed by atoms with E-state index in [9.17, 15) is 14.4 Å². The van der Waals surface area contributed by atoms with Gasteiger partial charge in [-0.2, -0.15) is 0 Å². The summed E-state index contributed by atoms with van der Waals surface area (Å²) in [4.78, 5) is 33.6. The maximum absolute atomic E-state index is 11.6. The number of nitrogens with one attached hydrogen (secondary N) is 2. The quantitative estimate of drug-likeness (QED) is 0.734. The summed E-state index contributed by atoms with van der Waals surface area (Å²) < 4.78 is 4.45. The normalized spacial score (nSPS) is 11.3. The Morgan fingerprint density at radius 2 is 2.00 bits per heavy atom. The number of anilines is 1. The number of methoxy groups -OCH3 is 1. The maximum atomic E-state index is 11.6. The van der Waals surface area contributed by atoms with Gasteiger partial charge in [0.05, 0.1) is 23.4 Å². The minimum atomic E-state index is -1.15. The summed E-state index contributed by atoms with van der Waals surface area (Å²) in [6, 6.07) is 2.33. The summed E-state index contributed by atoms with van der Waals surface area (Å²) in [6.45, 7) is 1.45. The van der Waals surface area contributed by atoms with E-state index in [0.29, 0.717) is 0 Å². The van der Waals surface area contributed by atoms with Crippen molar-refractivity contribution in [3.05, 3.63) is 28.8 Å². The zero-order chi connectivity index (χ0) is 15.3. The molecule has 0 bridgehead atoms. The highest BCUT2D eigenvalue weighted by Gasteiger charge is 2.16. The van der Waals surface area contributed by atoms with Gasteiger partial charge in [0.15, 0.2) is 0 Å². The van der Waals surface area contributed by atoms with Crippen molar-refractivity contribution in [1.29, 1.82) is 0 Å². The van der Waals surface area contributed by atoms with Crippen LogP contribution in [0.1, 0.15) is 17.3 Å². The summed E-state index contributed by atoms with van der Waals surface area (Å²) >= 11 is 5.84. The summed E-state index contributed by atoms with van der Waals surface area (Å²) in [5, 5.41) is 13.7. The summed E-state index contributed by atoms with van der Waals surface area (Å²) in [7, 11) is 1.20. The molecule has 1 unspecified atom stereocenters. The number of carbonyl (C=O) groups excluding carboxylic acids is 2. The van der Waals surface area contributed by atoms with Crippen molar-refractivity contribution in [2.75, 3.05) is 12.4 Å². The first-order chi connectivity index (χ1) is 9.35. The van der Waals surface area contributed by atoms with Crippen LogP contribution >= 0.6 is 11.6 Å². The van der Waals surface area contributed by atoms with Crippen molar-refractivity contribution >= 4 is 35.3 Å². The molecule has 0 saturated heterocycles. The highest BCUT2D eigenvalue weighted by atomic mass is 35.5. The van der Waals surface area contributed by atoms with Gasteiger partial charge in [-0.1, -0.05) is 11.6 Å². The molecule has 1 rings (SSSR count). The van der Waals surface area contributed by atoms with E-state index in [1.54, 1.807) is 0 Å². The van der Waals surface area contributed by atoms with E-state index in [2.05, 4.69) is 15.4 Å². The fourth-order valence-electron chi connectivity index (χ4n) is 1.34. The maximum Gasteiger partial charge on any atom is 0.335 e. The number of halogens is 1. The van der Waals surface area contributed by atoms with Crippen LogP contribution < -0.4 is 10.6 Å². The number of rotatable bonds is 4. The van der Waals surface area contributed by atoms with E-state index in [-0.39, 0.29) is 16.3 Å². The molecule has 0 aliphatic carbocycles. The average molecular weight is 301 g/mol. The molecule has 108 valence electrons. The number of hydrogen-bond acceptors (Lipinski definition) is 4. The topological polar surface area (TPSA) is 105 Å². The van der Waals surface area contributed by atoms with Crippen LogP contribution in [-0.4, -0.2) is 36.2 Å². The predicted octanol–water partition coefficient (Wildman–Crippen LogP) is 1.72. The van der Waals surface area contributed by atoms with Crippen molar-refractivity contribution < 1.29 is 24.2 Å². The molecule has 20 heavy (non-hydrogen) atoms. The Balaban J connectivity index is 2.77. The molecule has 0 fully saturated rings. The molecule has 0 saturated carbocycles. The Morgan fingerprint density at radius 1 is 1.35 bits per heavy atom. The van der Waals surface area contributed by atoms with Crippen LogP contribution in [0.3, 0.4) is 0 Å². The van der Waals surface area contributed by atoms with Crippen LogP contribution in [0.15, 0.2) is 18.2 Å². The first kappa shape index (κ1) is 15.8. The number of esters is 1. The third-order valence-corrected chi connectivity index (χ3v) is 2.69. The summed E-state index contributed by atoms with van der Waals surface area (Å²) in [5.41, 5.74) is 0.104. The first-order valence-corrected chi connectivity index (χ1v) is 5.91. The number of aromatic carboxylic acids is 1. The van der Waals surface area contributed by atoms with E-state index in [1.807, 2.05) is 0 Å². The predicted molar refractivity (Wildman–Crippen MR) is 72.0 cm³/mol. The average Bonchev–Trinajstić information content (AvgIpc) is 2.39. The highest BCUT2D eigenvalue weighted by Crippen LogP contribution is 2.23. The zero-order valence-corrected chi connectivity index (χ0v) is 11.5. The molecule has 0 spiro atoms. The largest absolute Gasteiger partial charge is 0.478 e. The molecule has 8 heteroatoms. The Labute approximate surface area is 119 Å². The van der Waals surface area contributed by atoms with Gasteiger partial charge in [-0.25, -0.2) is 14.4 Å². The Morgan fingerprint density at radius 3 is 2.55 bits per heavy atom. The highest BCUT2D eigenvalue weighted by molar-refractivity contribution is 6.33. The number of hydrogen-bond donors (Lipinski definition) is 3. The van der Waals surface area contributed by atoms with Crippen LogP contribution in [0.4, 0.5) is 10.5 Å². The van der Waals surface area contributed by atoms with Gasteiger partial charge < -0.3 is 20.5 Å². The van der Waals surface area contributed by atoms with Crippen molar-refractivity contribution in [1.82, 2.24) is 5.32 Å². The molecule has 0 aliphatic rings. The molecule has 1 atom stereocenters. The first-order valence-electron chi connectivity index (χ1n) is 5.53. The van der Waals surface area contributed by atoms with Gasteiger partial charge in [0.1, 0.15) is 6.04 Å². The number of carboxylic acids is 1. The van der Waals surface area contributed by atoms with E-state index >= 15 is 0 Å². The van der Waals surface area contributed by atoms with Crippen molar-refractivity contribution in [3.63, 3.8) is 0 Å². The van der Waals surface area contributed by atoms with Crippen LogP contribution in [0.5, 0.6) is 0 Å². The van der Waals surface area contributed by atoms with E-state index in [4.69, 9.17) is 16.7 Å².